The smallest absolute Gasteiger partial charge is 0.150 e. The van der Waals surface area contributed by atoms with Crippen molar-refractivity contribution in [1.29, 1.82) is 0 Å². The summed E-state index contributed by atoms with van der Waals surface area (Å²) in [4.78, 5) is 7.99. The molecule has 1 aromatic rings. The van der Waals surface area contributed by atoms with Crippen LogP contribution in [0.1, 0.15) is 39.5 Å². The maximum atomic E-state index is 6.06. The normalized spacial score (nSPS) is 20.2. The van der Waals surface area contributed by atoms with Crippen molar-refractivity contribution in [3.8, 4) is 0 Å². The maximum absolute atomic E-state index is 6.06. The van der Waals surface area contributed by atoms with Gasteiger partial charge >= 0.3 is 0 Å². The molecule has 0 aromatic carbocycles. The first-order valence-corrected chi connectivity index (χ1v) is 6.38. The summed E-state index contributed by atoms with van der Waals surface area (Å²) >= 11 is 6.06. The molecular formula is C12H19ClN4. The summed E-state index contributed by atoms with van der Waals surface area (Å²) in [6.07, 6.45) is 6.18. The van der Waals surface area contributed by atoms with E-state index < -0.39 is 0 Å². The standard InChI is InChI=1S/C12H19ClN4/c1-12(2)5-3-8(4-6-12)17-11-9(13)10(14)15-7-16-11/h7-8H,3-6H2,1-2H3,(H3,14,15,16,17). The van der Waals surface area contributed by atoms with Crippen LogP contribution in [-0.2, 0) is 0 Å². The molecule has 94 valence electrons. The van der Waals surface area contributed by atoms with Crippen molar-refractivity contribution in [1.82, 2.24) is 9.97 Å². The molecule has 0 atom stereocenters. The van der Waals surface area contributed by atoms with Gasteiger partial charge in [-0.25, -0.2) is 9.97 Å². The van der Waals surface area contributed by atoms with Crippen molar-refractivity contribution in [3.63, 3.8) is 0 Å². The second-order valence-corrected chi connectivity index (χ2v) is 5.88. The van der Waals surface area contributed by atoms with Gasteiger partial charge in [0, 0.05) is 6.04 Å². The highest BCUT2D eigenvalue weighted by molar-refractivity contribution is 6.35. The van der Waals surface area contributed by atoms with Crippen molar-refractivity contribution < 1.29 is 0 Å². The Balaban J connectivity index is 2.00. The van der Waals surface area contributed by atoms with Crippen molar-refractivity contribution in [2.45, 2.75) is 45.6 Å². The largest absolute Gasteiger partial charge is 0.382 e. The predicted molar refractivity (Wildman–Crippen MR) is 71.1 cm³/mol. The van der Waals surface area contributed by atoms with Gasteiger partial charge < -0.3 is 11.1 Å². The van der Waals surface area contributed by atoms with Gasteiger partial charge in [0.1, 0.15) is 17.2 Å². The number of rotatable bonds is 2. The van der Waals surface area contributed by atoms with Crippen LogP contribution in [0, 0.1) is 5.41 Å². The van der Waals surface area contributed by atoms with Gasteiger partial charge in [-0.2, -0.15) is 0 Å². The molecule has 4 nitrogen and oxygen atoms in total. The van der Waals surface area contributed by atoms with E-state index in [1.807, 2.05) is 0 Å². The van der Waals surface area contributed by atoms with Crippen molar-refractivity contribution in [3.05, 3.63) is 11.3 Å². The highest BCUT2D eigenvalue weighted by Gasteiger charge is 2.27. The predicted octanol–water partition coefficient (Wildman–Crippen LogP) is 3.09. The molecule has 17 heavy (non-hydrogen) atoms. The van der Waals surface area contributed by atoms with E-state index in [0.717, 1.165) is 12.8 Å². The van der Waals surface area contributed by atoms with E-state index in [0.29, 0.717) is 28.1 Å². The molecule has 0 saturated heterocycles. The average Bonchev–Trinajstić information content (AvgIpc) is 2.27. The number of nitrogens with two attached hydrogens (primary N) is 1. The van der Waals surface area contributed by atoms with Crippen LogP contribution in [0.4, 0.5) is 11.6 Å². The van der Waals surface area contributed by atoms with Crippen LogP contribution in [0.2, 0.25) is 5.02 Å². The topological polar surface area (TPSA) is 63.8 Å². The highest BCUT2D eigenvalue weighted by atomic mass is 35.5. The molecule has 3 N–H and O–H groups in total. The number of nitrogens with zero attached hydrogens (tertiary/aromatic N) is 2. The minimum atomic E-state index is 0.334. The molecule has 0 bridgehead atoms. The first-order valence-electron chi connectivity index (χ1n) is 6.00. The molecule has 0 unspecified atom stereocenters. The monoisotopic (exact) mass is 254 g/mol. The fourth-order valence-corrected chi connectivity index (χ4v) is 2.37. The summed E-state index contributed by atoms with van der Waals surface area (Å²) in [6.45, 7) is 4.64. The van der Waals surface area contributed by atoms with Crippen LogP contribution in [0.25, 0.3) is 0 Å². The maximum Gasteiger partial charge on any atom is 0.150 e. The summed E-state index contributed by atoms with van der Waals surface area (Å²) in [6, 6.07) is 0.440. The molecule has 0 radical (unpaired) electrons. The molecule has 1 saturated carbocycles. The zero-order chi connectivity index (χ0) is 12.5. The number of hydrogen-bond acceptors (Lipinski definition) is 4. The lowest BCUT2D eigenvalue weighted by atomic mass is 9.75. The van der Waals surface area contributed by atoms with E-state index in [4.69, 9.17) is 17.3 Å². The minimum absolute atomic E-state index is 0.334. The second kappa shape index (κ2) is 4.69. The van der Waals surface area contributed by atoms with Crippen molar-refractivity contribution in [2.24, 2.45) is 5.41 Å². The van der Waals surface area contributed by atoms with Crippen LogP contribution < -0.4 is 11.1 Å². The van der Waals surface area contributed by atoms with Crippen LogP contribution in [0.3, 0.4) is 0 Å². The summed E-state index contributed by atoms with van der Waals surface area (Å²) < 4.78 is 0. The molecule has 1 fully saturated rings. The molecule has 0 amide bonds. The number of aromatic nitrogens is 2. The molecule has 1 heterocycles. The van der Waals surface area contributed by atoms with Gasteiger partial charge in [0.25, 0.3) is 0 Å². The fourth-order valence-electron chi connectivity index (χ4n) is 2.22. The first-order chi connectivity index (χ1) is 7.98. The molecule has 1 aromatic heterocycles. The summed E-state index contributed by atoms with van der Waals surface area (Å²) in [5.74, 6) is 0.990. The SMILES string of the molecule is CC1(C)CCC(Nc2ncnc(N)c2Cl)CC1. The van der Waals surface area contributed by atoms with E-state index in [9.17, 15) is 0 Å². The summed E-state index contributed by atoms with van der Waals surface area (Å²) in [5, 5.41) is 3.79. The molecule has 0 aliphatic heterocycles. The fraction of sp³-hybridized carbons (Fsp3) is 0.667. The Hall–Kier alpha value is -1.03. The summed E-state index contributed by atoms with van der Waals surface area (Å²) in [5.41, 5.74) is 6.11. The van der Waals surface area contributed by atoms with E-state index >= 15 is 0 Å². The van der Waals surface area contributed by atoms with E-state index in [2.05, 4.69) is 29.1 Å². The zero-order valence-corrected chi connectivity index (χ0v) is 11.1. The van der Waals surface area contributed by atoms with Crippen LogP contribution in [-0.4, -0.2) is 16.0 Å². The van der Waals surface area contributed by atoms with Gasteiger partial charge in [-0.15, -0.1) is 0 Å². The van der Waals surface area contributed by atoms with Gasteiger partial charge in [0.05, 0.1) is 0 Å². The number of hydrogen-bond donors (Lipinski definition) is 2. The Morgan fingerprint density at radius 1 is 1.35 bits per heavy atom. The molecule has 5 heteroatoms. The van der Waals surface area contributed by atoms with E-state index in [1.165, 1.54) is 19.2 Å². The molecule has 1 aliphatic carbocycles. The molecule has 1 aliphatic rings. The third-order valence-corrected chi connectivity index (χ3v) is 3.87. The van der Waals surface area contributed by atoms with E-state index in [1.54, 1.807) is 0 Å². The third kappa shape index (κ3) is 3.00. The number of nitrogen functional groups attached to an aromatic ring is 1. The Morgan fingerprint density at radius 2 is 2.00 bits per heavy atom. The molecule has 0 spiro atoms. The lowest BCUT2D eigenvalue weighted by Gasteiger charge is -2.34. The quantitative estimate of drug-likeness (QED) is 0.851. The lowest BCUT2D eigenvalue weighted by Crippen LogP contribution is -2.30. The van der Waals surface area contributed by atoms with Crippen LogP contribution in [0.15, 0.2) is 6.33 Å². The van der Waals surface area contributed by atoms with Crippen molar-refractivity contribution >= 4 is 23.2 Å². The number of nitrogens with one attached hydrogen (secondary N) is 1. The minimum Gasteiger partial charge on any atom is -0.382 e. The Labute approximate surface area is 107 Å². The van der Waals surface area contributed by atoms with Gasteiger partial charge in [0.15, 0.2) is 5.82 Å². The molecule has 2 rings (SSSR count). The second-order valence-electron chi connectivity index (χ2n) is 5.50. The number of halogens is 1. The van der Waals surface area contributed by atoms with Crippen molar-refractivity contribution in [2.75, 3.05) is 11.1 Å². The van der Waals surface area contributed by atoms with Crippen LogP contribution >= 0.6 is 11.6 Å². The van der Waals surface area contributed by atoms with Gasteiger partial charge in [-0.1, -0.05) is 25.4 Å². The van der Waals surface area contributed by atoms with Crippen LogP contribution in [0.5, 0.6) is 0 Å². The Bertz CT molecular complexity index is 395. The first kappa shape index (κ1) is 12.4. The molecular weight excluding hydrogens is 236 g/mol. The van der Waals surface area contributed by atoms with Gasteiger partial charge in [-0.05, 0) is 31.1 Å². The average molecular weight is 255 g/mol. The Morgan fingerprint density at radius 3 is 2.65 bits per heavy atom. The third-order valence-electron chi connectivity index (χ3n) is 3.50. The number of anilines is 2. The summed E-state index contributed by atoms with van der Waals surface area (Å²) in [7, 11) is 0. The van der Waals surface area contributed by atoms with Gasteiger partial charge in [0.2, 0.25) is 0 Å². The van der Waals surface area contributed by atoms with E-state index in [-0.39, 0.29) is 0 Å². The highest BCUT2D eigenvalue weighted by Crippen LogP contribution is 2.36. The Kier molecular flexibility index (Phi) is 3.43. The van der Waals surface area contributed by atoms with Gasteiger partial charge in [-0.3, -0.25) is 0 Å². The lowest BCUT2D eigenvalue weighted by molar-refractivity contribution is 0.232. The zero-order valence-electron chi connectivity index (χ0n) is 10.3.